The molecule has 0 spiro atoms. The Morgan fingerprint density at radius 3 is 2.41 bits per heavy atom. The first-order chi connectivity index (χ1) is 18.9. The van der Waals surface area contributed by atoms with E-state index < -0.39 is 17.7 Å². The van der Waals surface area contributed by atoms with E-state index in [0.717, 1.165) is 12.0 Å². The summed E-state index contributed by atoms with van der Waals surface area (Å²) >= 11 is 0. The van der Waals surface area contributed by atoms with Gasteiger partial charge >= 0.3 is 5.91 Å². The molecule has 1 amide bonds. The lowest BCUT2D eigenvalue weighted by Gasteiger charge is -2.23. The number of fused-ring (bicyclic) bond motifs is 1. The molecule has 1 aliphatic heterocycles. The van der Waals surface area contributed by atoms with Crippen molar-refractivity contribution < 1.29 is 28.9 Å². The number of methoxy groups -OCH3 is 2. The third kappa shape index (κ3) is 4.67. The number of nitrogens with one attached hydrogen (secondary N) is 1. The highest BCUT2D eigenvalue weighted by Gasteiger charge is 2.48. The van der Waals surface area contributed by atoms with Gasteiger partial charge < -0.3 is 24.3 Å². The Labute approximate surface area is 225 Å². The van der Waals surface area contributed by atoms with Crippen molar-refractivity contribution in [1.29, 1.82) is 0 Å². The van der Waals surface area contributed by atoms with Crippen molar-refractivity contribution >= 4 is 34.4 Å². The quantitative estimate of drug-likeness (QED) is 0.181. The lowest BCUT2D eigenvalue weighted by Crippen LogP contribution is -2.30. The molecule has 1 aliphatic rings. The lowest BCUT2D eigenvalue weighted by atomic mass is 9.94. The van der Waals surface area contributed by atoms with E-state index >= 15 is 0 Å². The molecule has 4 aromatic rings. The normalized spacial score (nSPS) is 16.6. The molecule has 1 atom stereocenters. The monoisotopic (exact) mass is 527 g/mol. The molecule has 1 saturated heterocycles. The van der Waals surface area contributed by atoms with Crippen molar-refractivity contribution in [1.82, 2.24) is 9.97 Å². The number of Topliss-reactive ketones (excluding diaryl/α,β-unsaturated/α-hetero) is 1. The van der Waals surface area contributed by atoms with E-state index in [9.17, 15) is 14.7 Å². The highest BCUT2D eigenvalue weighted by molar-refractivity contribution is 6.51. The maximum absolute atomic E-state index is 13.5. The number of amides is 1. The van der Waals surface area contributed by atoms with Gasteiger partial charge in [-0.1, -0.05) is 36.8 Å². The fourth-order valence-corrected chi connectivity index (χ4v) is 4.73. The lowest BCUT2D eigenvalue weighted by molar-refractivity contribution is -0.132. The zero-order valence-corrected chi connectivity index (χ0v) is 22.1. The maximum atomic E-state index is 13.5. The predicted molar refractivity (Wildman–Crippen MR) is 147 cm³/mol. The van der Waals surface area contributed by atoms with Gasteiger partial charge in [0.1, 0.15) is 11.5 Å². The molecule has 0 saturated carbocycles. The van der Waals surface area contributed by atoms with Crippen molar-refractivity contribution in [2.24, 2.45) is 0 Å². The first kappa shape index (κ1) is 25.8. The molecule has 5 rings (SSSR count). The summed E-state index contributed by atoms with van der Waals surface area (Å²) in [4.78, 5) is 36.0. The summed E-state index contributed by atoms with van der Waals surface area (Å²) in [7, 11) is 3.05. The van der Waals surface area contributed by atoms with E-state index in [-0.39, 0.29) is 17.3 Å². The number of aromatic amines is 1. The number of ketones is 1. The van der Waals surface area contributed by atoms with Crippen molar-refractivity contribution in [3.05, 3.63) is 82.9 Å². The van der Waals surface area contributed by atoms with Crippen molar-refractivity contribution in [3.63, 3.8) is 0 Å². The fourth-order valence-electron chi connectivity index (χ4n) is 4.73. The molecule has 9 heteroatoms. The molecular formula is C30H29N3O6. The van der Waals surface area contributed by atoms with Crippen LogP contribution in [0.25, 0.3) is 16.8 Å². The van der Waals surface area contributed by atoms with Gasteiger partial charge in [-0.25, -0.2) is 4.98 Å². The van der Waals surface area contributed by atoms with Gasteiger partial charge in [0, 0.05) is 17.7 Å². The maximum Gasteiger partial charge on any atom is 0.302 e. The standard InChI is InChI=1S/C30H29N3O6/c1-5-13-39-20-11-9-18(10-12-20)27(34)25-26(19-8-6-7-17(2)14-19)33(29(36)28(25)35)30-31-21-15-23(37-3)24(38-4)16-22(21)32-30/h6-12,14-16,26,34H,5,13H2,1-4H3,(H,31,32)/b27-25+. The minimum Gasteiger partial charge on any atom is -0.507 e. The fraction of sp³-hybridized carbons (Fsp3) is 0.233. The SMILES string of the molecule is CCCOc1ccc(/C(O)=C2\C(=O)C(=O)N(c3nc4cc(OC)c(OC)cc4[nH]3)C2c2cccc(C)c2)cc1. The predicted octanol–water partition coefficient (Wildman–Crippen LogP) is 5.30. The summed E-state index contributed by atoms with van der Waals surface area (Å²) < 4.78 is 16.4. The molecule has 0 aliphatic carbocycles. The number of rotatable bonds is 8. The summed E-state index contributed by atoms with van der Waals surface area (Å²) in [6.07, 6.45) is 0.864. The zero-order chi connectivity index (χ0) is 27.7. The van der Waals surface area contributed by atoms with Gasteiger partial charge in [0.05, 0.1) is 43.5 Å². The van der Waals surface area contributed by atoms with Crippen molar-refractivity contribution in [2.45, 2.75) is 26.3 Å². The number of imidazole rings is 1. The van der Waals surface area contributed by atoms with Crippen molar-refractivity contribution in [2.75, 3.05) is 25.7 Å². The van der Waals surface area contributed by atoms with Crippen LogP contribution < -0.4 is 19.1 Å². The number of hydrogen-bond donors (Lipinski definition) is 2. The summed E-state index contributed by atoms with van der Waals surface area (Å²) in [5, 5.41) is 11.4. The Balaban J connectivity index is 1.66. The number of anilines is 1. The summed E-state index contributed by atoms with van der Waals surface area (Å²) in [5.41, 5.74) is 3.09. The van der Waals surface area contributed by atoms with Crippen molar-refractivity contribution in [3.8, 4) is 17.2 Å². The second-order valence-electron chi connectivity index (χ2n) is 9.24. The number of aliphatic hydroxyl groups excluding tert-OH is 1. The van der Waals surface area contributed by atoms with E-state index in [1.165, 1.54) is 19.1 Å². The third-order valence-electron chi connectivity index (χ3n) is 6.61. The topological polar surface area (TPSA) is 114 Å². The first-order valence-electron chi connectivity index (χ1n) is 12.6. The van der Waals surface area contributed by atoms with Crippen LogP contribution in [0.2, 0.25) is 0 Å². The second kappa shape index (κ2) is 10.5. The number of ether oxygens (including phenoxy) is 3. The van der Waals surface area contributed by atoms with E-state index in [0.29, 0.717) is 46.0 Å². The number of hydrogen-bond acceptors (Lipinski definition) is 7. The molecular weight excluding hydrogens is 498 g/mol. The van der Waals surface area contributed by atoms with Crippen LogP contribution in [0, 0.1) is 6.92 Å². The van der Waals surface area contributed by atoms with Crippen LogP contribution in [-0.4, -0.2) is 47.6 Å². The van der Waals surface area contributed by atoms with Crippen LogP contribution >= 0.6 is 0 Å². The summed E-state index contributed by atoms with van der Waals surface area (Å²) in [5.74, 6) is -0.0993. The Bertz CT molecular complexity index is 1550. The second-order valence-corrected chi connectivity index (χ2v) is 9.24. The summed E-state index contributed by atoms with van der Waals surface area (Å²) in [6.45, 7) is 4.50. The largest absolute Gasteiger partial charge is 0.507 e. The Hall–Kier alpha value is -4.79. The number of aliphatic hydroxyl groups is 1. The van der Waals surface area contributed by atoms with Crippen LogP contribution in [-0.2, 0) is 9.59 Å². The van der Waals surface area contributed by atoms with Gasteiger partial charge in [0.25, 0.3) is 5.78 Å². The molecule has 39 heavy (non-hydrogen) atoms. The van der Waals surface area contributed by atoms with Crippen LogP contribution in [0.1, 0.15) is 36.1 Å². The molecule has 2 N–H and O–H groups in total. The smallest absolute Gasteiger partial charge is 0.302 e. The molecule has 9 nitrogen and oxygen atoms in total. The molecule has 1 aromatic heterocycles. The molecule has 3 aromatic carbocycles. The molecule has 200 valence electrons. The Kier molecular flexibility index (Phi) is 6.98. The van der Waals surface area contributed by atoms with Gasteiger partial charge in [-0.15, -0.1) is 0 Å². The van der Waals surface area contributed by atoms with E-state index in [1.54, 1.807) is 36.4 Å². The molecule has 1 fully saturated rings. The molecule has 0 bridgehead atoms. The van der Waals surface area contributed by atoms with Gasteiger partial charge in [-0.05, 0) is 43.2 Å². The van der Waals surface area contributed by atoms with Crippen LogP contribution in [0.3, 0.4) is 0 Å². The third-order valence-corrected chi connectivity index (χ3v) is 6.61. The average Bonchev–Trinajstić information content (AvgIpc) is 3.48. The molecule has 1 unspecified atom stereocenters. The van der Waals surface area contributed by atoms with Gasteiger partial charge in [0.15, 0.2) is 11.5 Å². The minimum atomic E-state index is -0.912. The van der Waals surface area contributed by atoms with Gasteiger partial charge in [-0.3, -0.25) is 14.5 Å². The number of H-pyrrole nitrogens is 1. The number of nitrogens with zero attached hydrogens (tertiary/aromatic N) is 2. The summed E-state index contributed by atoms with van der Waals surface area (Å²) in [6, 6.07) is 16.7. The Morgan fingerprint density at radius 1 is 1.03 bits per heavy atom. The van der Waals surface area contributed by atoms with Crippen LogP contribution in [0.15, 0.2) is 66.2 Å². The van der Waals surface area contributed by atoms with Crippen LogP contribution in [0.5, 0.6) is 17.2 Å². The number of carbonyl (C=O) groups is 2. The number of aromatic nitrogens is 2. The molecule has 0 radical (unpaired) electrons. The Morgan fingerprint density at radius 2 is 1.74 bits per heavy atom. The van der Waals surface area contributed by atoms with Gasteiger partial charge in [0.2, 0.25) is 5.95 Å². The molecule has 2 heterocycles. The number of aryl methyl sites for hydroxylation is 1. The zero-order valence-electron chi connectivity index (χ0n) is 22.1. The number of benzene rings is 3. The van der Waals surface area contributed by atoms with Crippen LogP contribution in [0.4, 0.5) is 5.95 Å². The minimum absolute atomic E-state index is 0.0246. The highest BCUT2D eigenvalue weighted by Crippen LogP contribution is 2.42. The van der Waals surface area contributed by atoms with E-state index in [1.807, 2.05) is 38.1 Å². The average molecular weight is 528 g/mol. The van der Waals surface area contributed by atoms with E-state index in [4.69, 9.17) is 14.2 Å². The highest BCUT2D eigenvalue weighted by atomic mass is 16.5. The first-order valence-corrected chi connectivity index (χ1v) is 12.6. The number of carbonyl (C=O) groups excluding carboxylic acids is 2. The van der Waals surface area contributed by atoms with E-state index in [2.05, 4.69) is 9.97 Å². The van der Waals surface area contributed by atoms with Gasteiger partial charge in [-0.2, -0.15) is 0 Å².